The molecule has 1 aromatic heterocycles. The molecule has 4 aromatic rings. The quantitative estimate of drug-likeness (QED) is 0.391. The van der Waals surface area contributed by atoms with Gasteiger partial charge in [-0.25, -0.2) is 4.79 Å². The van der Waals surface area contributed by atoms with Gasteiger partial charge in [-0.15, -0.1) is 0 Å². The maximum absolute atomic E-state index is 13.3. The molecular weight excluding hydrogens is 460 g/mol. The van der Waals surface area contributed by atoms with Gasteiger partial charge >= 0.3 is 5.97 Å². The number of pyridine rings is 1. The van der Waals surface area contributed by atoms with E-state index in [2.05, 4.69) is 5.32 Å². The van der Waals surface area contributed by atoms with Crippen LogP contribution < -0.4 is 20.3 Å². The van der Waals surface area contributed by atoms with Gasteiger partial charge in [0.15, 0.2) is 6.61 Å². The van der Waals surface area contributed by atoms with E-state index in [0.29, 0.717) is 33.5 Å². The Bertz CT molecular complexity index is 1510. The highest BCUT2D eigenvalue weighted by Crippen LogP contribution is 2.32. The second-order valence-corrected chi connectivity index (χ2v) is 8.19. The zero-order valence-corrected chi connectivity index (χ0v) is 20.5. The molecule has 8 heteroatoms. The molecule has 0 radical (unpaired) electrons. The fourth-order valence-electron chi connectivity index (χ4n) is 4.00. The number of aryl methyl sites for hydroxylation is 1. The van der Waals surface area contributed by atoms with Crippen molar-refractivity contribution in [2.45, 2.75) is 6.92 Å². The second kappa shape index (κ2) is 10.4. The fourth-order valence-corrected chi connectivity index (χ4v) is 4.00. The van der Waals surface area contributed by atoms with E-state index in [4.69, 9.17) is 14.2 Å². The number of fused-ring (bicyclic) bond motifs is 1. The number of nitrogens with one attached hydrogen (secondary N) is 1. The molecule has 0 atom stereocenters. The maximum Gasteiger partial charge on any atom is 0.356 e. The molecule has 8 nitrogen and oxygen atoms in total. The first-order valence-electron chi connectivity index (χ1n) is 11.2. The third kappa shape index (κ3) is 4.79. The van der Waals surface area contributed by atoms with Gasteiger partial charge in [0.25, 0.3) is 11.5 Å². The first kappa shape index (κ1) is 24.5. The lowest BCUT2D eigenvalue weighted by molar-refractivity contribution is -0.119. The lowest BCUT2D eigenvalue weighted by Gasteiger charge is -2.17. The first-order chi connectivity index (χ1) is 17.3. The van der Waals surface area contributed by atoms with E-state index in [0.717, 1.165) is 11.1 Å². The van der Waals surface area contributed by atoms with E-state index < -0.39 is 18.5 Å². The van der Waals surface area contributed by atoms with Crippen LogP contribution in [0.3, 0.4) is 0 Å². The van der Waals surface area contributed by atoms with Gasteiger partial charge < -0.3 is 24.1 Å². The zero-order valence-electron chi connectivity index (χ0n) is 20.5. The van der Waals surface area contributed by atoms with Gasteiger partial charge in [0.2, 0.25) is 0 Å². The van der Waals surface area contributed by atoms with Crippen molar-refractivity contribution in [3.05, 3.63) is 88.3 Å². The number of nitrogens with zero attached hydrogens (tertiary/aromatic N) is 1. The topological polar surface area (TPSA) is 95.9 Å². The molecule has 1 heterocycles. The van der Waals surface area contributed by atoms with Crippen molar-refractivity contribution in [2.24, 2.45) is 7.05 Å². The molecule has 0 spiro atoms. The Hall–Kier alpha value is -4.59. The Kier molecular flexibility index (Phi) is 7.05. The lowest BCUT2D eigenvalue weighted by Crippen LogP contribution is -2.28. The summed E-state index contributed by atoms with van der Waals surface area (Å²) in [6.45, 7) is 1.41. The number of aromatic nitrogens is 1. The number of amides is 1. The number of methoxy groups -OCH3 is 2. The molecule has 36 heavy (non-hydrogen) atoms. The molecule has 0 bridgehead atoms. The number of carbonyl (C=O) groups excluding carboxylic acids is 2. The van der Waals surface area contributed by atoms with E-state index in [1.54, 1.807) is 36.4 Å². The van der Waals surface area contributed by atoms with E-state index in [9.17, 15) is 14.4 Å². The molecule has 0 fully saturated rings. The fraction of sp³-hybridized carbons (Fsp3) is 0.179. The standard InChI is InChI=1S/C28H26N2O6/c1-17-9-11-18(12-10-17)25-20-7-5-6-8-21(20)27(32)30(2)26(25)28(33)36-16-24(31)29-22-14-13-19(34-3)15-23(22)35-4/h5-15H,16H2,1-4H3,(H,29,31). The highest BCUT2D eigenvalue weighted by molar-refractivity contribution is 6.07. The van der Waals surface area contributed by atoms with Crippen LogP contribution in [0.25, 0.3) is 21.9 Å². The largest absolute Gasteiger partial charge is 0.497 e. The van der Waals surface area contributed by atoms with E-state index in [1.807, 2.05) is 37.3 Å². The van der Waals surface area contributed by atoms with Crippen LogP contribution in [0, 0.1) is 6.92 Å². The van der Waals surface area contributed by atoms with Crippen molar-refractivity contribution < 1.29 is 23.8 Å². The van der Waals surface area contributed by atoms with Crippen LogP contribution in [0.15, 0.2) is 71.5 Å². The van der Waals surface area contributed by atoms with Crippen molar-refractivity contribution in [1.82, 2.24) is 4.57 Å². The minimum absolute atomic E-state index is 0.0670. The minimum atomic E-state index is -0.784. The number of anilines is 1. The molecule has 0 aliphatic heterocycles. The molecule has 1 amide bonds. The van der Waals surface area contributed by atoms with Crippen LogP contribution in [-0.2, 0) is 16.6 Å². The van der Waals surface area contributed by atoms with Gasteiger partial charge in [-0.2, -0.15) is 0 Å². The Labute approximate surface area is 208 Å². The molecule has 3 aromatic carbocycles. The van der Waals surface area contributed by atoms with Crippen molar-refractivity contribution in [1.29, 1.82) is 0 Å². The summed E-state index contributed by atoms with van der Waals surface area (Å²) in [5.41, 5.74) is 2.51. The van der Waals surface area contributed by atoms with Crippen LogP contribution in [0.4, 0.5) is 5.69 Å². The van der Waals surface area contributed by atoms with Gasteiger partial charge in [0, 0.05) is 24.1 Å². The van der Waals surface area contributed by atoms with Crippen molar-refractivity contribution in [3.8, 4) is 22.6 Å². The first-order valence-corrected chi connectivity index (χ1v) is 11.2. The number of ether oxygens (including phenoxy) is 3. The van der Waals surface area contributed by atoms with Crippen molar-refractivity contribution in [3.63, 3.8) is 0 Å². The summed E-state index contributed by atoms with van der Waals surface area (Å²) < 4.78 is 17.1. The third-order valence-electron chi connectivity index (χ3n) is 5.85. The molecule has 4 rings (SSSR count). The highest BCUT2D eigenvalue weighted by atomic mass is 16.5. The Morgan fingerprint density at radius 1 is 0.917 bits per heavy atom. The van der Waals surface area contributed by atoms with Crippen LogP contribution in [0.2, 0.25) is 0 Å². The number of hydrogen-bond acceptors (Lipinski definition) is 6. The Balaban J connectivity index is 1.65. The average Bonchev–Trinajstić information content (AvgIpc) is 2.90. The van der Waals surface area contributed by atoms with Crippen LogP contribution in [0.1, 0.15) is 16.1 Å². The van der Waals surface area contributed by atoms with Crippen LogP contribution in [0.5, 0.6) is 11.5 Å². The van der Waals surface area contributed by atoms with E-state index >= 15 is 0 Å². The van der Waals surface area contributed by atoms with Gasteiger partial charge in [-0.1, -0.05) is 48.0 Å². The molecule has 1 N–H and O–H groups in total. The molecule has 184 valence electrons. The van der Waals surface area contributed by atoms with Crippen LogP contribution >= 0.6 is 0 Å². The molecule has 0 aliphatic carbocycles. The average molecular weight is 487 g/mol. The van der Waals surface area contributed by atoms with Crippen LogP contribution in [-0.4, -0.2) is 37.3 Å². The van der Waals surface area contributed by atoms with Gasteiger partial charge in [0.05, 0.1) is 19.9 Å². The summed E-state index contributed by atoms with van der Waals surface area (Å²) >= 11 is 0. The molecule has 0 saturated heterocycles. The molecule has 0 saturated carbocycles. The SMILES string of the molecule is COc1ccc(NC(=O)COC(=O)c2c(-c3ccc(C)cc3)c3ccccc3c(=O)n2C)c(OC)c1. The minimum Gasteiger partial charge on any atom is -0.497 e. The van der Waals surface area contributed by atoms with Crippen molar-refractivity contribution >= 4 is 28.3 Å². The normalized spacial score (nSPS) is 10.7. The zero-order chi connectivity index (χ0) is 25.8. The van der Waals surface area contributed by atoms with E-state index in [1.165, 1.54) is 25.8 Å². The summed E-state index contributed by atoms with van der Waals surface area (Å²) in [5, 5.41) is 3.77. The predicted molar refractivity (Wildman–Crippen MR) is 138 cm³/mol. The number of hydrogen-bond donors (Lipinski definition) is 1. The number of benzene rings is 3. The molecule has 0 unspecified atom stereocenters. The second-order valence-electron chi connectivity index (χ2n) is 8.19. The van der Waals surface area contributed by atoms with E-state index in [-0.39, 0.29) is 11.3 Å². The van der Waals surface area contributed by atoms with Gasteiger partial charge in [-0.3, -0.25) is 9.59 Å². The number of esters is 1. The molecule has 0 aliphatic rings. The third-order valence-corrected chi connectivity index (χ3v) is 5.85. The monoisotopic (exact) mass is 486 g/mol. The summed E-state index contributed by atoms with van der Waals surface area (Å²) in [5.74, 6) is -0.382. The molecular formula is C28H26N2O6. The Morgan fingerprint density at radius 2 is 1.61 bits per heavy atom. The number of carbonyl (C=O) groups is 2. The number of rotatable bonds is 7. The van der Waals surface area contributed by atoms with Gasteiger partial charge in [-0.05, 0) is 36.1 Å². The summed E-state index contributed by atoms with van der Waals surface area (Å²) in [6, 6.07) is 19.7. The summed E-state index contributed by atoms with van der Waals surface area (Å²) in [7, 11) is 4.51. The predicted octanol–water partition coefficient (Wildman–Crippen LogP) is 4.33. The summed E-state index contributed by atoms with van der Waals surface area (Å²) in [4.78, 5) is 38.9. The Morgan fingerprint density at radius 3 is 2.28 bits per heavy atom. The lowest BCUT2D eigenvalue weighted by atomic mass is 9.96. The van der Waals surface area contributed by atoms with Gasteiger partial charge in [0.1, 0.15) is 17.2 Å². The summed E-state index contributed by atoms with van der Waals surface area (Å²) in [6.07, 6.45) is 0. The highest BCUT2D eigenvalue weighted by Gasteiger charge is 2.23. The maximum atomic E-state index is 13.3. The van der Waals surface area contributed by atoms with Crippen molar-refractivity contribution in [2.75, 3.05) is 26.1 Å². The smallest absolute Gasteiger partial charge is 0.356 e.